The molecule has 0 radical (unpaired) electrons. The number of fused-ring (bicyclic) bond motifs is 1. The second-order valence-corrected chi connectivity index (χ2v) is 10.0. The second-order valence-electron chi connectivity index (χ2n) is 10.0. The Morgan fingerprint density at radius 3 is 2.76 bits per heavy atom. The van der Waals surface area contributed by atoms with Gasteiger partial charge in [-0.2, -0.15) is 0 Å². The lowest BCUT2D eigenvalue weighted by Gasteiger charge is -2.22. The summed E-state index contributed by atoms with van der Waals surface area (Å²) in [6.07, 6.45) is 15.2. The zero-order valence-electron chi connectivity index (χ0n) is 18.2. The number of aliphatic hydroxyl groups excluding tert-OH is 2. The van der Waals surface area contributed by atoms with Crippen molar-refractivity contribution in [2.24, 2.45) is 35.5 Å². The van der Waals surface area contributed by atoms with Gasteiger partial charge in [0.1, 0.15) is 0 Å². The number of allylic oxidation sites excluding steroid dienone is 2. The molecule has 164 valence electrons. The predicted molar refractivity (Wildman–Crippen MR) is 115 cm³/mol. The van der Waals surface area contributed by atoms with Gasteiger partial charge in [0.15, 0.2) is 0 Å². The van der Waals surface area contributed by atoms with Crippen molar-refractivity contribution < 1.29 is 20.1 Å². The van der Waals surface area contributed by atoms with Gasteiger partial charge in [0.2, 0.25) is 0 Å². The highest BCUT2D eigenvalue weighted by Crippen LogP contribution is 2.50. The van der Waals surface area contributed by atoms with Crippen LogP contribution in [0, 0.1) is 35.5 Å². The zero-order chi connectivity index (χ0) is 21.0. The van der Waals surface area contributed by atoms with E-state index >= 15 is 0 Å². The molecule has 3 fully saturated rings. The van der Waals surface area contributed by atoms with E-state index < -0.39 is 12.1 Å². The molecule has 3 N–H and O–H groups in total. The summed E-state index contributed by atoms with van der Waals surface area (Å²) in [7, 11) is 0. The molecule has 0 heterocycles. The van der Waals surface area contributed by atoms with Gasteiger partial charge in [0.05, 0.1) is 12.2 Å². The predicted octanol–water partition coefficient (Wildman–Crippen LogP) is 4.95. The fourth-order valence-electron chi connectivity index (χ4n) is 6.42. The maximum atomic E-state index is 10.8. The van der Waals surface area contributed by atoms with Crippen LogP contribution in [-0.4, -0.2) is 33.5 Å². The summed E-state index contributed by atoms with van der Waals surface area (Å²) in [5, 5.41) is 30.1. The van der Waals surface area contributed by atoms with Crippen molar-refractivity contribution in [3.63, 3.8) is 0 Å². The largest absolute Gasteiger partial charge is 0.481 e. The van der Waals surface area contributed by atoms with Crippen LogP contribution in [0.1, 0.15) is 78.1 Å². The number of unbranched alkanes of at least 4 members (excludes halogenated alkanes) is 1. The molecule has 0 saturated heterocycles. The molecule has 0 amide bonds. The first-order chi connectivity index (χ1) is 13.9. The van der Waals surface area contributed by atoms with Crippen LogP contribution in [0.4, 0.5) is 0 Å². The molecule has 4 heteroatoms. The third-order valence-electron chi connectivity index (χ3n) is 7.85. The molecule has 29 heavy (non-hydrogen) atoms. The molecule has 8 atom stereocenters. The first kappa shape index (κ1) is 22.6. The van der Waals surface area contributed by atoms with E-state index in [9.17, 15) is 15.0 Å². The molecule has 0 aromatic rings. The summed E-state index contributed by atoms with van der Waals surface area (Å²) in [6, 6.07) is 0. The molecule has 0 aliphatic heterocycles. The van der Waals surface area contributed by atoms with Gasteiger partial charge in [-0.05, 0) is 74.5 Å². The van der Waals surface area contributed by atoms with Gasteiger partial charge < -0.3 is 15.3 Å². The average Bonchev–Trinajstić information content (AvgIpc) is 3.30. The lowest BCUT2D eigenvalue weighted by atomic mass is 9.87. The van der Waals surface area contributed by atoms with Crippen molar-refractivity contribution in [1.82, 2.24) is 0 Å². The van der Waals surface area contributed by atoms with E-state index in [0.29, 0.717) is 30.1 Å². The first-order valence-electron chi connectivity index (χ1n) is 11.8. The van der Waals surface area contributed by atoms with Crippen LogP contribution in [0.2, 0.25) is 0 Å². The van der Waals surface area contributed by atoms with Crippen molar-refractivity contribution in [2.45, 2.75) is 90.3 Å². The van der Waals surface area contributed by atoms with Crippen LogP contribution in [0.15, 0.2) is 23.8 Å². The minimum atomic E-state index is -0.726. The van der Waals surface area contributed by atoms with Crippen LogP contribution < -0.4 is 0 Å². The molecular formula is C25H40O4. The summed E-state index contributed by atoms with van der Waals surface area (Å²) < 4.78 is 0. The Morgan fingerprint density at radius 1 is 1.24 bits per heavy atom. The minimum absolute atomic E-state index is 0.141. The Bertz CT molecular complexity index is 610. The number of carbonyl (C=O) groups is 1. The Morgan fingerprint density at radius 2 is 2.03 bits per heavy atom. The van der Waals surface area contributed by atoms with Crippen molar-refractivity contribution in [3.8, 4) is 0 Å². The highest BCUT2D eigenvalue weighted by molar-refractivity contribution is 5.66. The highest BCUT2D eigenvalue weighted by atomic mass is 16.4. The van der Waals surface area contributed by atoms with Crippen molar-refractivity contribution in [3.05, 3.63) is 23.8 Å². The molecule has 4 nitrogen and oxygen atoms in total. The Balaban J connectivity index is 1.54. The molecule has 3 unspecified atom stereocenters. The smallest absolute Gasteiger partial charge is 0.303 e. The monoisotopic (exact) mass is 404 g/mol. The van der Waals surface area contributed by atoms with E-state index in [4.69, 9.17) is 5.11 Å². The molecule has 0 bridgehead atoms. The van der Waals surface area contributed by atoms with Crippen LogP contribution in [-0.2, 0) is 4.79 Å². The van der Waals surface area contributed by atoms with Crippen LogP contribution in [0.5, 0.6) is 0 Å². The first-order valence-corrected chi connectivity index (χ1v) is 11.8. The van der Waals surface area contributed by atoms with E-state index in [1.165, 1.54) is 24.8 Å². The van der Waals surface area contributed by atoms with Gasteiger partial charge >= 0.3 is 5.97 Å². The van der Waals surface area contributed by atoms with Gasteiger partial charge in [-0.1, -0.05) is 50.5 Å². The van der Waals surface area contributed by atoms with Gasteiger partial charge in [-0.25, -0.2) is 0 Å². The lowest BCUT2D eigenvalue weighted by Crippen LogP contribution is -2.22. The van der Waals surface area contributed by atoms with Gasteiger partial charge in [0.25, 0.3) is 0 Å². The third-order valence-corrected chi connectivity index (χ3v) is 7.85. The van der Waals surface area contributed by atoms with Gasteiger partial charge in [-0.15, -0.1) is 0 Å². The number of hydrogen-bond donors (Lipinski definition) is 3. The molecule has 3 rings (SSSR count). The fourth-order valence-corrected chi connectivity index (χ4v) is 6.42. The highest BCUT2D eigenvalue weighted by Gasteiger charge is 2.45. The summed E-state index contributed by atoms with van der Waals surface area (Å²) >= 11 is 0. The Hall–Kier alpha value is -1.13. The summed E-state index contributed by atoms with van der Waals surface area (Å²) in [6.45, 7) is 4.51. The summed E-state index contributed by atoms with van der Waals surface area (Å²) in [5.41, 5.74) is 1.43. The second kappa shape index (κ2) is 10.3. The number of hydrogen-bond acceptors (Lipinski definition) is 3. The topological polar surface area (TPSA) is 77.8 Å². The molecule has 3 saturated carbocycles. The van der Waals surface area contributed by atoms with E-state index in [1.54, 1.807) is 0 Å². The standard InChI is InChI=1S/C25H40O4/c1-3-6-17-11-16(2)21(13-17)23(26)10-9-20-22-14-18(7-4-5-8-25(28)29)12-19(22)15-24(20)27/h7,9-10,16-17,19-24,26-27H,3-6,8,11-15H2,1-2H3,(H,28,29)/b10-9+,18-7+/t16?,17?,19-,20-,21?,22+,23+,24-/m1/s1. The average molecular weight is 405 g/mol. The van der Waals surface area contributed by atoms with Crippen LogP contribution in [0.3, 0.4) is 0 Å². The van der Waals surface area contributed by atoms with Crippen LogP contribution >= 0.6 is 0 Å². The van der Waals surface area contributed by atoms with Crippen LogP contribution in [0.25, 0.3) is 0 Å². The maximum absolute atomic E-state index is 10.8. The van der Waals surface area contributed by atoms with Crippen molar-refractivity contribution >= 4 is 5.97 Å². The number of rotatable bonds is 9. The Labute approximate surface area is 176 Å². The van der Waals surface area contributed by atoms with E-state index in [-0.39, 0.29) is 18.4 Å². The molecular weight excluding hydrogens is 364 g/mol. The Kier molecular flexibility index (Phi) is 7.98. The van der Waals surface area contributed by atoms with Crippen molar-refractivity contribution in [2.75, 3.05) is 0 Å². The number of carboxylic acids is 1. The van der Waals surface area contributed by atoms with Gasteiger partial charge in [-0.3, -0.25) is 4.79 Å². The molecule has 0 aromatic carbocycles. The molecule has 0 aromatic heterocycles. The molecule has 3 aliphatic rings. The van der Waals surface area contributed by atoms with Crippen molar-refractivity contribution in [1.29, 1.82) is 0 Å². The molecule has 0 spiro atoms. The number of aliphatic carboxylic acids is 1. The molecule has 3 aliphatic carbocycles. The third kappa shape index (κ3) is 5.73. The van der Waals surface area contributed by atoms with Gasteiger partial charge in [0, 0.05) is 12.3 Å². The quantitative estimate of drug-likeness (QED) is 0.375. The number of aliphatic hydroxyl groups is 2. The van der Waals surface area contributed by atoms with E-state index in [0.717, 1.165) is 38.0 Å². The maximum Gasteiger partial charge on any atom is 0.303 e. The fraction of sp³-hybridized carbons (Fsp3) is 0.800. The van der Waals surface area contributed by atoms with E-state index in [1.807, 2.05) is 6.08 Å². The summed E-state index contributed by atoms with van der Waals surface area (Å²) in [4.78, 5) is 10.7. The summed E-state index contributed by atoms with van der Waals surface area (Å²) in [5.74, 6) is 2.09. The lowest BCUT2D eigenvalue weighted by molar-refractivity contribution is -0.137. The normalized spacial score (nSPS) is 39.4. The zero-order valence-corrected chi connectivity index (χ0v) is 18.2. The SMILES string of the molecule is CCCC1CC(C)C([C@@H](O)/C=C/[C@@H]2[C@H]3C/C(=C/CCCC(=O)O)C[C@@H]3C[C@H]2O)C1. The minimum Gasteiger partial charge on any atom is -0.481 e. The number of carboxylic acid groups (broad SMARTS) is 1. The van der Waals surface area contributed by atoms with E-state index in [2.05, 4.69) is 26.0 Å².